The molecule has 1 unspecified atom stereocenters. The van der Waals surface area contributed by atoms with Crippen molar-refractivity contribution in [2.45, 2.75) is 32.7 Å². The average molecular weight is 599 g/mol. The zero-order chi connectivity index (χ0) is 30.0. The summed E-state index contributed by atoms with van der Waals surface area (Å²) in [6.45, 7) is 3.46. The molecule has 2 atom stereocenters. The number of amides is 1. The molecule has 1 fully saturated rings. The van der Waals surface area contributed by atoms with Gasteiger partial charge in [0.05, 0.1) is 18.5 Å². The Balaban J connectivity index is 1.30. The fourth-order valence-electron chi connectivity index (χ4n) is 4.69. The number of furan rings is 1. The third-order valence-electron chi connectivity index (χ3n) is 7.00. The van der Waals surface area contributed by atoms with E-state index < -0.39 is 19.5 Å². The molecule has 1 aliphatic rings. The highest BCUT2D eigenvalue weighted by Gasteiger charge is 2.36. The van der Waals surface area contributed by atoms with E-state index in [-0.39, 0.29) is 23.9 Å². The third kappa shape index (κ3) is 6.26. The molecular formula is C32H31N4O6P. The Bertz CT molecular complexity index is 1830. The number of rotatable bonds is 11. The van der Waals surface area contributed by atoms with E-state index in [1.165, 1.54) is 0 Å². The number of aromatic nitrogens is 2. The van der Waals surface area contributed by atoms with Gasteiger partial charge in [-0.2, -0.15) is 0 Å². The summed E-state index contributed by atoms with van der Waals surface area (Å²) in [5.74, 6) is 0.860. The molecule has 43 heavy (non-hydrogen) atoms. The van der Waals surface area contributed by atoms with Crippen LogP contribution in [0.15, 0.2) is 95.5 Å². The van der Waals surface area contributed by atoms with Crippen molar-refractivity contribution in [3.63, 3.8) is 0 Å². The number of anilines is 1. The number of fused-ring (bicyclic) bond motifs is 1. The van der Waals surface area contributed by atoms with Gasteiger partial charge >= 0.3 is 13.5 Å². The molecule has 6 rings (SSSR count). The van der Waals surface area contributed by atoms with Gasteiger partial charge in [0.25, 0.3) is 0 Å². The summed E-state index contributed by atoms with van der Waals surface area (Å²) in [7, 11) is -3.91. The summed E-state index contributed by atoms with van der Waals surface area (Å²) < 4.78 is 33.3. The Morgan fingerprint density at radius 1 is 1.02 bits per heavy atom. The molecule has 3 aromatic heterocycles. The second-order valence-corrected chi connectivity index (χ2v) is 12.3. The third-order valence-corrected chi connectivity index (χ3v) is 9.01. The van der Waals surface area contributed by atoms with Gasteiger partial charge in [-0.05, 0) is 74.7 Å². The number of benzene rings is 2. The lowest BCUT2D eigenvalue weighted by Crippen LogP contribution is -2.37. The molecule has 1 amide bonds. The summed E-state index contributed by atoms with van der Waals surface area (Å²) in [6, 6.07) is 24.6. The zero-order valence-corrected chi connectivity index (χ0v) is 24.6. The van der Waals surface area contributed by atoms with E-state index in [0.29, 0.717) is 23.0 Å². The second-order valence-electron chi connectivity index (χ2n) is 10.3. The number of carbonyl (C=O) groups is 2. The largest absolute Gasteiger partial charge is 0.465 e. The SMILES string of the molecule is CCOC(=O)[C@H](C)NP(=O)(Oc1ccccc1)c1ccc(-c2cccc(-c3cccc4nc(NC(=O)C5CC5)cn34)c2)o1. The molecule has 11 heteroatoms. The number of nitrogens with one attached hydrogen (secondary N) is 2. The minimum Gasteiger partial charge on any atom is -0.465 e. The van der Waals surface area contributed by atoms with E-state index >= 15 is 0 Å². The fourth-order valence-corrected chi connectivity index (χ4v) is 6.49. The van der Waals surface area contributed by atoms with Crippen molar-refractivity contribution in [2.24, 2.45) is 5.92 Å². The lowest BCUT2D eigenvalue weighted by molar-refractivity contribution is -0.144. The molecule has 2 aromatic carbocycles. The van der Waals surface area contributed by atoms with Gasteiger partial charge in [-0.15, -0.1) is 0 Å². The Hall–Kier alpha value is -4.66. The Morgan fingerprint density at radius 2 is 1.79 bits per heavy atom. The summed E-state index contributed by atoms with van der Waals surface area (Å²) in [6.07, 6.45) is 3.65. The van der Waals surface area contributed by atoms with Crippen LogP contribution in [0.2, 0.25) is 0 Å². The van der Waals surface area contributed by atoms with Gasteiger partial charge in [-0.3, -0.25) is 18.6 Å². The molecule has 5 aromatic rings. The summed E-state index contributed by atoms with van der Waals surface area (Å²) >= 11 is 0. The first-order chi connectivity index (χ1) is 20.8. The highest BCUT2D eigenvalue weighted by Crippen LogP contribution is 2.44. The quantitative estimate of drug-likeness (QED) is 0.139. The minimum absolute atomic E-state index is 0.000231. The summed E-state index contributed by atoms with van der Waals surface area (Å²) in [5, 5.41) is 5.73. The van der Waals surface area contributed by atoms with Crippen LogP contribution >= 0.6 is 7.52 Å². The van der Waals surface area contributed by atoms with Crippen LogP contribution in [0.5, 0.6) is 5.75 Å². The maximum atomic E-state index is 14.2. The molecular weight excluding hydrogens is 567 g/mol. The number of imidazole rings is 1. The first-order valence-corrected chi connectivity index (χ1v) is 15.7. The van der Waals surface area contributed by atoms with Crippen LogP contribution in [-0.4, -0.2) is 33.9 Å². The van der Waals surface area contributed by atoms with Crippen LogP contribution < -0.4 is 20.4 Å². The highest BCUT2D eigenvalue weighted by atomic mass is 31.2. The normalized spacial score (nSPS) is 15.0. The lowest BCUT2D eigenvalue weighted by atomic mass is 10.1. The van der Waals surface area contributed by atoms with Gasteiger partial charge in [-0.25, -0.2) is 10.1 Å². The molecule has 1 saturated carbocycles. The molecule has 0 bridgehead atoms. The number of hydrogen-bond acceptors (Lipinski definition) is 7. The van der Waals surface area contributed by atoms with E-state index in [1.54, 1.807) is 50.2 Å². The van der Waals surface area contributed by atoms with Crippen LogP contribution in [0, 0.1) is 5.92 Å². The van der Waals surface area contributed by atoms with Gasteiger partial charge in [0.2, 0.25) is 11.4 Å². The van der Waals surface area contributed by atoms with Gasteiger partial charge in [-0.1, -0.05) is 42.5 Å². The standard InChI is InChI=1S/C32H31N4O6P/c1-3-40-32(38)21(2)35-43(39,42-25-11-5-4-6-12-25)30-18-17-27(41-30)24-10-7-9-23(19-24)26-13-8-14-29-33-28(20-36(26)29)34-31(37)22-15-16-22/h4-14,17-22H,3,15-16H2,1-2H3,(H,34,37)(H,35,39)/t21-,43?/m0/s1. The molecule has 0 spiro atoms. The Morgan fingerprint density at radius 3 is 2.56 bits per heavy atom. The maximum absolute atomic E-state index is 14.2. The summed E-state index contributed by atoms with van der Waals surface area (Å²) in [5.41, 5.74) is 3.26. The van der Waals surface area contributed by atoms with Crippen molar-refractivity contribution in [2.75, 3.05) is 11.9 Å². The smallest absolute Gasteiger partial charge is 0.382 e. The molecule has 2 N–H and O–H groups in total. The van der Waals surface area contributed by atoms with E-state index in [0.717, 1.165) is 29.7 Å². The number of esters is 1. The fraction of sp³-hybridized carbons (Fsp3) is 0.219. The first-order valence-electron chi connectivity index (χ1n) is 14.1. The van der Waals surface area contributed by atoms with Crippen LogP contribution in [0.3, 0.4) is 0 Å². The van der Waals surface area contributed by atoms with E-state index in [9.17, 15) is 14.2 Å². The highest BCUT2D eigenvalue weighted by molar-refractivity contribution is 7.65. The van der Waals surface area contributed by atoms with Crippen LogP contribution in [-0.2, 0) is 18.9 Å². The van der Waals surface area contributed by atoms with Gasteiger partial charge in [0.1, 0.15) is 23.2 Å². The van der Waals surface area contributed by atoms with Gasteiger partial charge in [0.15, 0.2) is 5.82 Å². The van der Waals surface area contributed by atoms with Crippen LogP contribution in [0.25, 0.3) is 28.2 Å². The lowest BCUT2D eigenvalue weighted by Gasteiger charge is -2.21. The van der Waals surface area contributed by atoms with Crippen molar-refractivity contribution < 1.29 is 27.8 Å². The molecule has 0 aliphatic heterocycles. The minimum atomic E-state index is -3.91. The molecule has 10 nitrogen and oxygen atoms in total. The van der Waals surface area contributed by atoms with Crippen LogP contribution in [0.4, 0.5) is 5.82 Å². The monoisotopic (exact) mass is 598 g/mol. The topological polar surface area (TPSA) is 124 Å². The molecule has 3 heterocycles. The van der Waals surface area contributed by atoms with Crippen molar-refractivity contribution in [3.8, 4) is 28.3 Å². The van der Waals surface area contributed by atoms with E-state index in [4.69, 9.17) is 13.7 Å². The number of nitrogens with zero attached hydrogens (tertiary/aromatic N) is 2. The van der Waals surface area contributed by atoms with Crippen LogP contribution in [0.1, 0.15) is 26.7 Å². The second kappa shape index (κ2) is 11.9. The van der Waals surface area contributed by atoms with E-state index in [2.05, 4.69) is 15.4 Å². The maximum Gasteiger partial charge on any atom is 0.382 e. The number of carbonyl (C=O) groups excluding carboxylic acids is 2. The molecule has 0 saturated heterocycles. The number of pyridine rings is 1. The van der Waals surface area contributed by atoms with E-state index in [1.807, 2.05) is 59.1 Å². The zero-order valence-electron chi connectivity index (χ0n) is 23.7. The van der Waals surface area contributed by atoms with Gasteiger partial charge < -0.3 is 19.0 Å². The Kier molecular flexibility index (Phi) is 7.88. The number of ether oxygens (including phenoxy) is 1. The van der Waals surface area contributed by atoms with Crippen molar-refractivity contribution in [1.82, 2.24) is 14.5 Å². The average Bonchev–Trinajstić information content (AvgIpc) is 3.59. The molecule has 0 radical (unpaired) electrons. The Labute approximate surface area is 248 Å². The molecule has 1 aliphatic carbocycles. The predicted molar refractivity (Wildman–Crippen MR) is 163 cm³/mol. The van der Waals surface area contributed by atoms with Gasteiger partial charge in [0, 0.05) is 11.5 Å². The molecule has 220 valence electrons. The number of hydrogen-bond donors (Lipinski definition) is 2. The first kappa shape index (κ1) is 28.5. The summed E-state index contributed by atoms with van der Waals surface area (Å²) in [4.78, 5) is 29.2. The number of para-hydroxylation sites is 1. The predicted octanol–water partition coefficient (Wildman–Crippen LogP) is 6.05. The van der Waals surface area contributed by atoms with Crippen molar-refractivity contribution >= 4 is 36.4 Å². The van der Waals surface area contributed by atoms with Crippen molar-refractivity contribution in [1.29, 1.82) is 0 Å². The van der Waals surface area contributed by atoms with Crippen molar-refractivity contribution in [3.05, 3.63) is 91.1 Å².